The van der Waals surface area contributed by atoms with Crippen molar-refractivity contribution < 1.29 is 0 Å². The number of aliphatic imine (C=N–C) groups is 2. The smallest absolute Gasteiger partial charge is 0.195 e. The van der Waals surface area contributed by atoms with Crippen LogP contribution < -0.4 is 0 Å². The molecule has 0 saturated heterocycles. The summed E-state index contributed by atoms with van der Waals surface area (Å²) in [5, 5.41) is 20.6. The summed E-state index contributed by atoms with van der Waals surface area (Å²) in [5.74, 6) is -0.226. The van der Waals surface area contributed by atoms with Gasteiger partial charge in [0.25, 0.3) is 0 Å². The summed E-state index contributed by atoms with van der Waals surface area (Å²) < 4.78 is 0. The van der Waals surface area contributed by atoms with Gasteiger partial charge in [0, 0.05) is 40.5 Å². The average molecular weight is 451 g/mol. The molecule has 3 aromatic rings. The molecule has 2 N–H and O–H groups in total. The number of aromatic amines is 2. The third-order valence-electron chi connectivity index (χ3n) is 7.02. The lowest BCUT2D eigenvalue weighted by Crippen LogP contribution is -2.33. The molecule has 1 aromatic carbocycles. The average Bonchev–Trinajstić information content (AvgIpc) is 3.67. The fraction of sp³-hybridized carbons (Fsp3) is 0.103. The summed E-state index contributed by atoms with van der Waals surface area (Å²) in [7, 11) is 0. The number of hydrogen-bond acceptors (Lipinski definition) is 4. The molecule has 6 heteroatoms. The lowest BCUT2D eigenvalue weighted by molar-refractivity contribution is 0.765. The molecule has 0 saturated carbocycles. The Hall–Kier alpha value is -4.94. The normalized spacial score (nSPS) is 20.2. The van der Waals surface area contributed by atoms with Gasteiger partial charge in [-0.15, -0.1) is 0 Å². The van der Waals surface area contributed by atoms with E-state index in [2.05, 4.69) is 34.2 Å². The van der Waals surface area contributed by atoms with Crippen molar-refractivity contribution in [1.29, 1.82) is 10.5 Å². The molecule has 4 aliphatic rings. The highest BCUT2D eigenvalue weighted by Crippen LogP contribution is 2.48. The second-order valence-corrected chi connectivity index (χ2v) is 9.11. The summed E-state index contributed by atoms with van der Waals surface area (Å²) in [6, 6.07) is 18.4. The van der Waals surface area contributed by atoms with Gasteiger partial charge in [0.15, 0.2) is 5.41 Å². The predicted octanol–water partition coefficient (Wildman–Crippen LogP) is 5.08. The van der Waals surface area contributed by atoms with Crippen molar-refractivity contribution >= 4 is 23.6 Å². The van der Waals surface area contributed by atoms with E-state index in [4.69, 9.17) is 9.98 Å². The van der Waals surface area contributed by atoms with Gasteiger partial charge in [0.2, 0.25) is 0 Å². The molecule has 5 heterocycles. The third kappa shape index (κ3) is 2.81. The molecule has 0 fully saturated rings. The van der Waals surface area contributed by atoms with Crippen LogP contribution in [-0.2, 0) is 11.8 Å². The maximum Gasteiger partial charge on any atom is 0.195 e. The number of aromatic nitrogens is 2. The zero-order valence-electron chi connectivity index (χ0n) is 18.6. The first-order chi connectivity index (χ1) is 17.2. The van der Waals surface area contributed by atoms with Crippen LogP contribution in [0, 0.1) is 22.7 Å². The summed E-state index contributed by atoms with van der Waals surface area (Å²) >= 11 is 0. The van der Waals surface area contributed by atoms with Gasteiger partial charge in [0.1, 0.15) is 0 Å². The number of rotatable bonds is 0. The Morgan fingerprint density at radius 1 is 0.829 bits per heavy atom. The summed E-state index contributed by atoms with van der Waals surface area (Å²) in [5.41, 5.74) is 8.11. The molecule has 1 unspecified atom stereocenters. The van der Waals surface area contributed by atoms with E-state index in [0.29, 0.717) is 17.5 Å². The number of benzene rings is 1. The molecule has 0 spiro atoms. The van der Waals surface area contributed by atoms with Gasteiger partial charge >= 0.3 is 0 Å². The zero-order chi connectivity index (χ0) is 23.6. The molecule has 164 valence electrons. The number of nitrogens with zero attached hydrogens (tertiary/aromatic N) is 4. The Morgan fingerprint density at radius 3 is 2.51 bits per heavy atom. The molecule has 1 aliphatic carbocycles. The largest absolute Gasteiger partial charge is 0.359 e. The quantitative estimate of drug-likeness (QED) is 0.499. The van der Waals surface area contributed by atoms with E-state index in [1.54, 1.807) is 0 Å². The van der Waals surface area contributed by atoms with Crippen molar-refractivity contribution in [3.05, 3.63) is 118 Å². The van der Waals surface area contributed by atoms with Crippen molar-refractivity contribution in [3.8, 4) is 12.1 Å². The van der Waals surface area contributed by atoms with Crippen molar-refractivity contribution in [2.75, 3.05) is 0 Å². The van der Waals surface area contributed by atoms with Gasteiger partial charge in [0.05, 0.1) is 35.2 Å². The summed E-state index contributed by atoms with van der Waals surface area (Å²) in [6.45, 7) is 0. The fourth-order valence-corrected chi connectivity index (χ4v) is 5.47. The fourth-order valence-electron chi connectivity index (χ4n) is 5.47. The Bertz CT molecular complexity index is 1690. The van der Waals surface area contributed by atoms with Crippen LogP contribution in [0.5, 0.6) is 0 Å². The predicted molar refractivity (Wildman–Crippen MR) is 135 cm³/mol. The Morgan fingerprint density at radius 2 is 1.63 bits per heavy atom. The number of hydrogen-bond donors (Lipinski definition) is 2. The minimum Gasteiger partial charge on any atom is -0.359 e. The van der Waals surface area contributed by atoms with Gasteiger partial charge in [-0.3, -0.25) is 9.98 Å². The molecule has 35 heavy (non-hydrogen) atoms. The highest BCUT2D eigenvalue weighted by atomic mass is 14.8. The molecule has 3 aliphatic heterocycles. The SMILES string of the molecule is N#CC1(C#N)c2ccccc2C2C3=NC(=Cc4ccc([nH]4)CC4=NC(=Cc5cc1c2[nH]5)C=C4)C=C3. The highest BCUT2D eigenvalue weighted by molar-refractivity contribution is 6.07. The zero-order valence-corrected chi connectivity index (χ0v) is 18.6. The van der Waals surface area contributed by atoms with Crippen LogP contribution in [0.3, 0.4) is 0 Å². The van der Waals surface area contributed by atoms with Crippen LogP contribution in [0.2, 0.25) is 0 Å². The molecule has 2 aromatic heterocycles. The third-order valence-corrected chi connectivity index (χ3v) is 7.02. The maximum absolute atomic E-state index is 10.3. The van der Waals surface area contributed by atoms with Crippen LogP contribution in [0.4, 0.5) is 0 Å². The lowest BCUT2D eigenvalue weighted by atomic mass is 9.66. The highest BCUT2D eigenvalue weighted by Gasteiger charge is 2.47. The van der Waals surface area contributed by atoms with Gasteiger partial charge in [-0.25, -0.2) is 0 Å². The van der Waals surface area contributed by atoms with Gasteiger partial charge < -0.3 is 9.97 Å². The van der Waals surface area contributed by atoms with Gasteiger partial charge in [-0.2, -0.15) is 10.5 Å². The van der Waals surface area contributed by atoms with E-state index in [0.717, 1.165) is 51.2 Å². The number of fused-ring (bicyclic) bond motifs is 8. The van der Waals surface area contributed by atoms with Crippen molar-refractivity contribution in [3.63, 3.8) is 0 Å². The molecular formula is C29H18N6. The Kier molecular flexibility index (Phi) is 3.92. The van der Waals surface area contributed by atoms with E-state index in [1.807, 2.05) is 66.8 Å². The van der Waals surface area contributed by atoms with E-state index in [9.17, 15) is 10.5 Å². The second-order valence-electron chi connectivity index (χ2n) is 9.11. The monoisotopic (exact) mass is 450 g/mol. The van der Waals surface area contributed by atoms with Crippen molar-refractivity contribution in [2.24, 2.45) is 9.98 Å². The number of nitrogens with one attached hydrogen (secondary N) is 2. The first kappa shape index (κ1) is 19.5. The van der Waals surface area contributed by atoms with Crippen LogP contribution >= 0.6 is 0 Å². The van der Waals surface area contributed by atoms with Crippen molar-refractivity contribution in [2.45, 2.75) is 17.8 Å². The summed E-state index contributed by atoms with van der Waals surface area (Å²) in [6.07, 6.45) is 12.7. The Balaban J connectivity index is 1.52. The minimum atomic E-state index is -1.40. The standard InChI is InChI=1S/C29H18N6/c30-15-29(16-31)24-4-2-1-3-23(24)27-26-10-9-21(34-26)12-19-6-5-17(32-19)11-18-7-8-20(33-18)13-22-14-25(29)28(27)35-22/h1-10,12-14,27,32,35H,11H2. The second kappa shape index (κ2) is 7.03. The molecule has 0 radical (unpaired) electrons. The van der Waals surface area contributed by atoms with Crippen molar-refractivity contribution in [1.82, 2.24) is 9.97 Å². The van der Waals surface area contributed by atoms with E-state index >= 15 is 0 Å². The van der Waals surface area contributed by atoms with Gasteiger partial charge in [-0.05, 0) is 65.8 Å². The van der Waals surface area contributed by atoms with E-state index in [1.165, 1.54) is 0 Å². The lowest BCUT2D eigenvalue weighted by Gasteiger charge is -2.33. The maximum atomic E-state index is 10.3. The van der Waals surface area contributed by atoms with Crippen LogP contribution in [0.25, 0.3) is 12.2 Å². The van der Waals surface area contributed by atoms with Gasteiger partial charge in [-0.1, -0.05) is 24.3 Å². The van der Waals surface area contributed by atoms with E-state index in [-0.39, 0.29) is 5.92 Å². The molecule has 1 atom stereocenters. The summed E-state index contributed by atoms with van der Waals surface area (Å²) in [4.78, 5) is 16.7. The Labute approximate surface area is 201 Å². The number of nitriles is 2. The molecule has 0 amide bonds. The molecule has 8 bridgehead atoms. The number of allylic oxidation sites excluding steroid dienone is 4. The molecule has 6 nitrogen and oxygen atoms in total. The van der Waals surface area contributed by atoms with E-state index < -0.39 is 5.41 Å². The van der Waals surface area contributed by atoms with Crippen LogP contribution in [0.1, 0.15) is 45.4 Å². The number of H-pyrrole nitrogens is 2. The molecular weight excluding hydrogens is 432 g/mol. The van der Waals surface area contributed by atoms with Crippen LogP contribution in [0.15, 0.2) is 88.1 Å². The topological polar surface area (TPSA) is 104 Å². The first-order valence-electron chi connectivity index (χ1n) is 11.5. The molecule has 7 rings (SSSR count). The minimum absolute atomic E-state index is 0.226. The van der Waals surface area contributed by atoms with Crippen LogP contribution in [-0.4, -0.2) is 21.4 Å². The first-order valence-corrected chi connectivity index (χ1v) is 11.5.